The fourth-order valence-electron chi connectivity index (χ4n) is 4.02. The summed E-state index contributed by atoms with van der Waals surface area (Å²) >= 11 is 0. The Morgan fingerprint density at radius 2 is 1.31 bits per heavy atom. The van der Waals surface area contributed by atoms with E-state index in [9.17, 15) is 0 Å². The maximum atomic E-state index is 8.72. The van der Waals surface area contributed by atoms with Crippen molar-refractivity contribution in [2.45, 2.75) is 24.5 Å². The van der Waals surface area contributed by atoms with Crippen molar-refractivity contribution >= 4 is 0 Å². The van der Waals surface area contributed by atoms with Gasteiger partial charge in [0, 0.05) is 11.0 Å². The van der Waals surface area contributed by atoms with E-state index < -0.39 is 5.60 Å². The highest BCUT2D eigenvalue weighted by molar-refractivity contribution is 5.47. The van der Waals surface area contributed by atoms with Crippen LogP contribution in [0.4, 0.5) is 0 Å². The van der Waals surface area contributed by atoms with Crippen LogP contribution in [0, 0.1) is 0 Å². The van der Waals surface area contributed by atoms with Crippen molar-refractivity contribution < 1.29 is 4.74 Å². The summed E-state index contributed by atoms with van der Waals surface area (Å²) in [6, 6.07) is 31.1. The van der Waals surface area contributed by atoms with Crippen molar-refractivity contribution in [2.24, 2.45) is 5.11 Å². The van der Waals surface area contributed by atoms with Gasteiger partial charge in [-0.15, -0.1) is 0 Å². The molecule has 0 saturated heterocycles. The van der Waals surface area contributed by atoms with E-state index in [0.717, 1.165) is 29.5 Å². The second-order valence-corrected chi connectivity index (χ2v) is 7.23. The lowest BCUT2D eigenvalue weighted by atomic mass is 9.80. The Morgan fingerprint density at radius 3 is 1.76 bits per heavy atom. The highest BCUT2D eigenvalue weighted by atomic mass is 16.5. The molecule has 29 heavy (non-hydrogen) atoms. The first kappa shape index (κ1) is 19.0. The van der Waals surface area contributed by atoms with E-state index in [-0.39, 0.29) is 6.04 Å². The van der Waals surface area contributed by atoms with Crippen LogP contribution in [0.15, 0.2) is 108 Å². The molecule has 4 nitrogen and oxygen atoms in total. The summed E-state index contributed by atoms with van der Waals surface area (Å²) in [7, 11) is 0. The van der Waals surface area contributed by atoms with Gasteiger partial charge in [0.1, 0.15) is 5.60 Å². The predicted molar refractivity (Wildman–Crippen MR) is 115 cm³/mol. The highest BCUT2D eigenvalue weighted by Crippen LogP contribution is 2.41. The fourth-order valence-corrected chi connectivity index (χ4v) is 4.02. The summed E-state index contributed by atoms with van der Waals surface area (Å²) in [5.74, 6) is 0. The van der Waals surface area contributed by atoms with Crippen LogP contribution < -0.4 is 0 Å². The van der Waals surface area contributed by atoms with Gasteiger partial charge in [0.25, 0.3) is 0 Å². The number of rotatable bonds is 7. The molecule has 3 aromatic carbocycles. The number of nitrogens with zero attached hydrogens (tertiary/aromatic N) is 3. The maximum absolute atomic E-state index is 8.72. The molecule has 0 aromatic heterocycles. The summed E-state index contributed by atoms with van der Waals surface area (Å²) in [4.78, 5) is 2.95. The first-order valence-electron chi connectivity index (χ1n) is 9.85. The maximum Gasteiger partial charge on any atom is 0.144 e. The molecule has 0 fully saturated rings. The summed E-state index contributed by atoms with van der Waals surface area (Å²) in [5.41, 5.74) is 12.4. The number of hydrogen-bond donors (Lipinski definition) is 0. The van der Waals surface area contributed by atoms with Gasteiger partial charge in [-0.3, -0.25) is 0 Å². The SMILES string of the molecule is [N-]=[N+]=NC1CC=C(COC(c2ccccc2)(c2ccccc2)c2ccccc2)C1. The van der Waals surface area contributed by atoms with Crippen molar-refractivity contribution in [1.29, 1.82) is 0 Å². The Morgan fingerprint density at radius 1 is 0.828 bits per heavy atom. The minimum atomic E-state index is -0.721. The van der Waals surface area contributed by atoms with Crippen molar-refractivity contribution in [1.82, 2.24) is 0 Å². The molecule has 144 valence electrons. The molecule has 0 radical (unpaired) electrons. The smallest absolute Gasteiger partial charge is 0.144 e. The molecule has 4 rings (SSSR count). The van der Waals surface area contributed by atoms with E-state index in [4.69, 9.17) is 10.3 Å². The molecule has 1 aliphatic rings. The van der Waals surface area contributed by atoms with Crippen molar-refractivity contribution in [3.8, 4) is 0 Å². The van der Waals surface area contributed by atoms with Crippen LogP contribution in [0.5, 0.6) is 0 Å². The Bertz CT molecular complexity index is 913. The number of azide groups is 1. The molecule has 0 spiro atoms. The second-order valence-electron chi connectivity index (χ2n) is 7.23. The van der Waals surface area contributed by atoms with Crippen LogP contribution in [0.3, 0.4) is 0 Å². The van der Waals surface area contributed by atoms with Gasteiger partial charge in [-0.2, -0.15) is 0 Å². The van der Waals surface area contributed by atoms with Gasteiger partial charge >= 0.3 is 0 Å². The Balaban J connectivity index is 1.77. The summed E-state index contributed by atoms with van der Waals surface area (Å²) < 4.78 is 6.80. The number of ether oxygens (including phenoxy) is 1. The van der Waals surface area contributed by atoms with Crippen molar-refractivity contribution in [3.05, 3.63) is 130 Å². The van der Waals surface area contributed by atoms with Crippen LogP contribution in [0.25, 0.3) is 10.4 Å². The second kappa shape index (κ2) is 8.78. The van der Waals surface area contributed by atoms with Gasteiger partial charge in [-0.25, -0.2) is 0 Å². The predicted octanol–water partition coefficient (Wildman–Crippen LogP) is 6.39. The van der Waals surface area contributed by atoms with Gasteiger partial charge in [-0.1, -0.05) is 102 Å². The van der Waals surface area contributed by atoms with Crippen LogP contribution >= 0.6 is 0 Å². The first-order chi connectivity index (χ1) is 14.3. The van der Waals surface area contributed by atoms with Crippen molar-refractivity contribution in [2.75, 3.05) is 6.61 Å². The normalized spacial score (nSPS) is 16.1. The first-order valence-corrected chi connectivity index (χ1v) is 9.85. The minimum absolute atomic E-state index is 0.00169. The lowest BCUT2D eigenvalue weighted by Gasteiger charge is -2.36. The van der Waals surface area contributed by atoms with Gasteiger partial charge in [0.15, 0.2) is 0 Å². The standard InChI is InChI=1S/C25H23N3O/c26-28-27-24-17-16-20(18-24)19-29-25(21-10-4-1-5-11-21,22-12-6-2-7-13-22)23-14-8-3-9-15-23/h1-16,24H,17-19H2. The average molecular weight is 381 g/mol. The van der Waals surface area contributed by atoms with E-state index >= 15 is 0 Å². The molecule has 1 atom stereocenters. The molecule has 0 N–H and O–H groups in total. The summed E-state index contributed by atoms with van der Waals surface area (Å²) in [6.45, 7) is 0.482. The van der Waals surface area contributed by atoms with Crippen molar-refractivity contribution in [3.63, 3.8) is 0 Å². The molecule has 3 aromatic rings. The molecule has 1 aliphatic carbocycles. The van der Waals surface area contributed by atoms with E-state index in [0.29, 0.717) is 6.61 Å². The molecule has 0 heterocycles. The zero-order valence-corrected chi connectivity index (χ0v) is 16.2. The van der Waals surface area contributed by atoms with Gasteiger partial charge in [-0.05, 0) is 40.6 Å². The van der Waals surface area contributed by atoms with Gasteiger partial charge < -0.3 is 4.74 Å². The van der Waals surface area contributed by atoms with E-state index in [1.54, 1.807) is 0 Å². The zero-order valence-electron chi connectivity index (χ0n) is 16.2. The third-order valence-corrected chi connectivity index (χ3v) is 5.41. The molecule has 0 bridgehead atoms. The molecular formula is C25H23N3O. The third kappa shape index (κ3) is 3.95. The monoisotopic (exact) mass is 381 g/mol. The van der Waals surface area contributed by atoms with Crippen LogP contribution in [-0.4, -0.2) is 12.6 Å². The van der Waals surface area contributed by atoms with E-state index in [2.05, 4.69) is 52.5 Å². The highest BCUT2D eigenvalue weighted by Gasteiger charge is 2.37. The minimum Gasteiger partial charge on any atom is -0.357 e. The molecule has 0 amide bonds. The van der Waals surface area contributed by atoms with E-state index in [1.807, 2.05) is 54.6 Å². The number of benzene rings is 3. The number of hydrogen-bond acceptors (Lipinski definition) is 2. The zero-order chi connectivity index (χ0) is 19.9. The van der Waals surface area contributed by atoms with Crippen LogP contribution in [-0.2, 0) is 10.3 Å². The Kier molecular flexibility index (Phi) is 5.76. The largest absolute Gasteiger partial charge is 0.357 e. The Hall–Kier alpha value is -3.33. The Labute approximate surface area is 171 Å². The van der Waals surface area contributed by atoms with Crippen LogP contribution in [0.2, 0.25) is 0 Å². The van der Waals surface area contributed by atoms with E-state index in [1.165, 1.54) is 5.57 Å². The molecule has 1 unspecified atom stereocenters. The lowest BCUT2D eigenvalue weighted by Crippen LogP contribution is -2.33. The fraction of sp³-hybridized carbons (Fsp3) is 0.200. The molecule has 0 aliphatic heterocycles. The average Bonchev–Trinajstić information content (AvgIpc) is 3.24. The summed E-state index contributed by atoms with van der Waals surface area (Å²) in [6.07, 6.45) is 3.67. The molecule has 4 heteroatoms. The topological polar surface area (TPSA) is 58.0 Å². The van der Waals surface area contributed by atoms with Crippen LogP contribution in [0.1, 0.15) is 29.5 Å². The van der Waals surface area contributed by atoms with Gasteiger partial charge in [0.2, 0.25) is 0 Å². The summed E-state index contributed by atoms with van der Waals surface area (Å²) in [5, 5.41) is 3.87. The molecule has 0 saturated carbocycles. The van der Waals surface area contributed by atoms with Gasteiger partial charge in [0.05, 0.1) is 6.61 Å². The lowest BCUT2D eigenvalue weighted by molar-refractivity contribution is 0.0270. The quantitative estimate of drug-likeness (QED) is 0.154. The third-order valence-electron chi connectivity index (χ3n) is 5.41. The molecular weight excluding hydrogens is 358 g/mol.